The summed E-state index contributed by atoms with van der Waals surface area (Å²) in [6.45, 7) is 14.0. The molecule has 0 amide bonds. The molecule has 21 heavy (non-hydrogen) atoms. The van der Waals surface area contributed by atoms with Crippen molar-refractivity contribution in [2.24, 2.45) is 11.3 Å². The van der Waals surface area contributed by atoms with Gasteiger partial charge in [-0.2, -0.15) is 0 Å². The predicted octanol–water partition coefficient (Wildman–Crippen LogP) is 1.42. The number of ether oxygens (including phenoxy) is 1. The quantitative estimate of drug-likeness (QED) is 0.686. The van der Waals surface area contributed by atoms with Gasteiger partial charge in [0.15, 0.2) is 0 Å². The lowest BCUT2D eigenvalue weighted by Crippen LogP contribution is -2.52. The fraction of sp³-hybridized carbons (Fsp3) is 1.00. The van der Waals surface area contributed by atoms with Crippen LogP contribution in [0.1, 0.15) is 32.6 Å². The van der Waals surface area contributed by atoms with Gasteiger partial charge < -0.3 is 19.9 Å². The minimum Gasteiger partial charge on any atom is -0.381 e. The molecule has 2 saturated heterocycles. The van der Waals surface area contributed by atoms with Gasteiger partial charge in [-0.15, -0.1) is 0 Å². The third kappa shape index (κ3) is 4.65. The second kappa shape index (κ2) is 7.40. The molecule has 1 N–H and O–H groups in total. The van der Waals surface area contributed by atoms with E-state index in [1.165, 1.54) is 65.0 Å². The van der Waals surface area contributed by atoms with Crippen LogP contribution in [0.4, 0.5) is 0 Å². The SMILES string of the molecule is CCCNCC1(CN2CCN(CC3CC3)CC2)CCOC1. The van der Waals surface area contributed by atoms with E-state index >= 15 is 0 Å². The first kappa shape index (κ1) is 15.7. The first-order chi connectivity index (χ1) is 10.3. The van der Waals surface area contributed by atoms with E-state index in [0.717, 1.165) is 32.2 Å². The van der Waals surface area contributed by atoms with E-state index in [0.29, 0.717) is 5.41 Å². The molecule has 1 saturated carbocycles. The molecule has 1 unspecified atom stereocenters. The molecule has 0 radical (unpaired) electrons. The molecule has 3 fully saturated rings. The Balaban J connectivity index is 1.42. The molecule has 0 spiro atoms. The smallest absolute Gasteiger partial charge is 0.0547 e. The van der Waals surface area contributed by atoms with Crippen molar-refractivity contribution in [1.82, 2.24) is 15.1 Å². The van der Waals surface area contributed by atoms with Gasteiger partial charge in [-0.25, -0.2) is 0 Å². The van der Waals surface area contributed by atoms with Crippen molar-refractivity contribution in [2.45, 2.75) is 32.6 Å². The van der Waals surface area contributed by atoms with Crippen molar-refractivity contribution in [2.75, 3.05) is 65.6 Å². The number of nitrogens with zero attached hydrogens (tertiary/aromatic N) is 2. The Morgan fingerprint density at radius 2 is 1.90 bits per heavy atom. The zero-order valence-corrected chi connectivity index (χ0v) is 13.8. The van der Waals surface area contributed by atoms with E-state index in [1.807, 2.05) is 0 Å². The molecule has 1 aliphatic carbocycles. The average molecular weight is 295 g/mol. The van der Waals surface area contributed by atoms with Crippen LogP contribution in [-0.2, 0) is 4.74 Å². The van der Waals surface area contributed by atoms with Crippen molar-refractivity contribution in [3.8, 4) is 0 Å². The maximum atomic E-state index is 5.74. The average Bonchev–Trinajstić information content (AvgIpc) is 3.19. The van der Waals surface area contributed by atoms with Crippen LogP contribution >= 0.6 is 0 Å². The van der Waals surface area contributed by atoms with Crippen LogP contribution in [0, 0.1) is 11.3 Å². The van der Waals surface area contributed by atoms with Gasteiger partial charge in [-0.05, 0) is 38.1 Å². The maximum Gasteiger partial charge on any atom is 0.0547 e. The second-order valence-corrected chi connectivity index (χ2v) is 7.50. The standard InChI is InChI=1S/C17H33N3O/c1-2-6-18-13-17(5-11-21-15-17)14-20-9-7-19(8-10-20)12-16-3-4-16/h16,18H,2-15H2,1H3. The van der Waals surface area contributed by atoms with Gasteiger partial charge in [0.25, 0.3) is 0 Å². The molecular weight excluding hydrogens is 262 g/mol. The molecule has 4 heteroatoms. The molecule has 122 valence electrons. The molecule has 0 aromatic carbocycles. The van der Waals surface area contributed by atoms with Crippen molar-refractivity contribution in [3.05, 3.63) is 0 Å². The number of rotatable bonds is 8. The van der Waals surface area contributed by atoms with Crippen molar-refractivity contribution in [3.63, 3.8) is 0 Å². The largest absolute Gasteiger partial charge is 0.381 e. The summed E-state index contributed by atoms with van der Waals surface area (Å²) < 4.78 is 5.74. The summed E-state index contributed by atoms with van der Waals surface area (Å²) >= 11 is 0. The Bertz CT molecular complexity index is 305. The van der Waals surface area contributed by atoms with Gasteiger partial charge in [0.2, 0.25) is 0 Å². The van der Waals surface area contributed by atoms with E-state index < -0.39 is 0 Å². The van der Waals surface area contributed by atoms with Gasteiger partial charge in [-0.3, -0.25) is 0 Å². The minimum absolute atomic E-state index is 0.369. The molecule has 0 aromatic heterocycles. The molecule has 1 atom stereocenters. The molecular formula is C17H33N3O. The number of piperazine rings is 1. The third-order valence-electron chi connectivity index (χ3n) is 5.35. The molecule has 0 aromatic rings. The Morgan fingerprint density at radius 3 is 2.52 bits per heavy atom. The summed E-state index contributed by atoms with van der Waals surface area (Å²) in [4.78, 5) is 5.37. The lowest BCUT2D eigenvalue weighted by molar-refractivity contribution is 0.0698. The van der Waals surface area contributed by atoms with Crippen LogP contribution in [0.2, 0.25) is 0 Å². The van der Waals surface area contributed by atoms with E-state index in [-0.39, 0.29) is 0 Å². The van der Waals surface area contributed by atoms with Gasteiger partial charge in [0.05, 0.1) is 6.61 Å². The van der Waals surface area contributed by atoms with Gasteiger partial charge in [0.1, 0.15) is 0 Å². The summed E-state index contributed by atoms with van der Waals surface area (Å²) in [5.41, 5.74) is 0.369. The van der Waals surface area contributed by atoms with Crippen LogP contribution in [0.25, 0.3) is 0 Å². The summed E-state index contributed by atoms with van der Waals surface area (Å²) in [6.07, 6.45) is 5.40. The molecule has 0 bridgehead atoms. The van der Waals surface area contributed by atoms with Gasteiger partial charge in [0, 0.05) is 57.8 Å². The maximum absolute atomic E-state index is 5.74. The van der Waals surface area contributed by atoms with Gasteiger partial charge in [-0.1, -0.05) is 6.92 Å². The first-order valence-corrected chi connectivity index (χ1v) is 9.03. The van der Waals surface area contributed by atoms with Crippen LogP contribution in [0.5, 0.6) is 0 Å². The fourth-order valence-electron chi connectivity index (χ4n) is 3.77. The highest BCUT2D eigenvalue weighted by Gasteiger charge is 2.37. The van der Waals surface area contributed by atoms with E-state index in [4.69, 9.17) is 4.74 Å². The van der Waals surface area contributed by atoms with Gasteiger partial charge >= 0.3 is 0 Å². The molecule has 2 heterocycles. The summed E-state index contributed by atoms with van der Waals surface area (Å²) in [5, 5.41) is 3.63. The van der Waals surface area contributed by atoms with E-state index in [9.17, 15) is 0 Å². The number of hydrogen-bond acceptors (Lipinski definition) is 4. The number of nitrogens with one attached hydrogen (secondary N) is 1. The third-order valence-corrected chi connectivity index (χ3v) is 5.35. The summed E-state index contributed by atoms with van der Waals surface area (Å²) in [7, 11) is 0. The summed E-state index contributed by atoms with van der Waals surface area (Å²) in [6, 6.07) is 0. The fourth-order valence-corrected chi connectivity index (χ4v) is 3.77. The normalized spacial score (nSPS) is 31.9. The topological polar surface area (TPSA) is 27.7 Å². The Morgan fingerprint density at radius 1 is 1.14 bits per heavy atom. The molecule has 2 aliphatic heterocycles. The Kier molecular flexibility index (Phi) is 5.54. The zero-order chi connectivity index (χ0) is 14.5. The van der Waals surface area contributed by atoms with Crippen molar-refractivity contribution >= 4 is 0 Å². The molecule has 4 nitrogen and oxygen atoms in total. The zero-order valence-electron chi connectivity index (χ0n) is 13.8. The summed E-state index contributed by atoms with van der Waals surface area (Å²) in [5.74, 6) is 1.03. The molecule has 3 rings (SSSR count). The lowest BCUT2D eigenvalue weighted by Gasteiger charge is -2.40. The monoisotopic (exact) mass is 295 g/mol. The predicted molar refractivity (Wildman–Crippen MR) is 86.6 cm³/mol. The minimum atomic E-state index is 0.369. The van der Waals surface area contributed by atoms with E-state index in [1.54, 1.807) is 0 Å². The van der Waals surface area contributed by atoms with Crippen LogP contribution in [-0.4, -0.2) is 75.4 Å². The van der Waals surface area contributed by atoms with E-state index in [2.05, 4.69) is 22.0 Å². The highest BCUT2D eigenvalue weighted by atomic mass is 16.5. The second-order valence-electron chi connectivity index (χ2n) is 7.50. The van der Waals surface area contributed by atoms with Crippen LogP contribution in [0.3, 0.4) is 0 Å². The molecule has 3 aliphatic rings. The van der Waals surface area contributed by atoms with Crippen molar-refractivity contribution in [1.29, 1.82) is 0 Å². The Hall–Kier alpha value is -0.160. The highest BCUT2D eigenvalue weighted by Crippen LogP contribution is 2.31. The first-order valence-electron chi connectivity index (χ1n) is 9.03. The Labute approximate surface area is 130 Å². The lowest BCUT2D eigenvalue weighted by atomic mass is 9.86. The van der Waals surface area contributed by atoms with Crippen molar-refractivity contribution < 1.29 is 4.74 Å². The number of hydrogen-bond donors (Lipinski definition) is 1. The highest BCUT2D eigenvalue weighted by molar-refractivity contribution is 4.90. The van der Waals surface area contributed by atoms with Crippen LogP contribution < -0.4 is 5.32 Å². The van der Waals surface area contributed by atoms with Crippen LogP contribution in [0.15, 0.2) is 0 Å².